The van der Waals surface area contributed by atoms with Crippen molar-refractivity contribution < 1.29 is 9.53 Å². The number of nitrogens with zero attached hydrogens (tertiary/aromatic N) is 5. The van der Waals surface area contributed by atoms with E-state index in [0.717, 1.165) is 18.1 Å². The summed E-state index contributed by atoms with van der Waals surface area (Å²) in [6.07, 6.45) is 2.45. The van der Waals surface area contributed by atoms with Crippen molar-refractivity contribution in [3.05, 3.63) is 65.9 Å². The van der Waals surface area contributed by atoms with E-state index in [-0.39, 0.29) is 5.91 Å². The van der Waals surface area contributed by atoms with Crippen molar-refractivity contribution in [2.75, 3.05) is 6.54 Å². The number of ether oxygens (including phenoxy) is 1. The summed E-state index contributed by atoms with van der Waals surface area (Å²) in [6, 6.07) is 12.8. The molecule has 0 spiro atoms. The smallest absolute Gasteiger partial charge is 0.259 e. The summed E-state index contributed by atoms with van der Waals surface area (Å²) in [6.45, 7) is 3.80. The van der Waals surface area contributed by atoms with Crippen LogP contribution in [0.1, 0.15) is 28.9 Å². The number of aromatic nitrogens is 4. The molecule has 0 unspecified atom stereocenters. The Morgan fingerprint density at radius 1 is 1.12 bits per heavy atom. The third-order valence-corrected chi connectivity index (χ3v) is 4.39. The number of carbonyl (C=O) groups is 1. The van der Waals surface area contributed by atoms with Crippen molar-refractivity contribution in [3.63, 3.8) is 0 Å². The minimum atomic E-state index is -0.115. The molecule has 7 nitrogen and oxygen atoms in total. The van der Waals surface area contributed by atoms with Gasteiger partial charge < -0.3 is 14.2 Å². The van der Waals surface area contributed by atoms with Crippen LogP contribution in [0.2, 0.25) is 0 Å². The van der Waals surface area contributed by atoms with Crippen LogP contribution >= 0.6 is 0 Å². The second kappa shape index (κ2) is 6.95. The molecule has 3 heterocycles. The first kappa shape index (κ1) is 16.3. The molecule has 0 bridgehead atoms. The molecule has 1 aliphatic rings. The summed E-state index contributed by atoms with van der Waals surface area (Å²) in [5.74, 6) is 2.62. The van der Waals surface area contributed by atoms with Gasteiger partial charge in [-0.3, -0.25) is 4.79 Å². The van der Waals surface area contributed by atoms with Gasteiger partial charge in [-0.25, -0.2) is 4.98 Å². The first-order valence-corrected chi connectivity index (χ1v) is 8.64. The van der Waals surface area contributed by atoms with Crippen LogP contribution in [0.4, 0.5) is 0 Å². The molecule has 132 valence electrons. The Morgan fingerprint density at radius 2 is 1.96 bits per heavy atom. The van der Waals surface area contributed by atoms with Gasteiger partial charge in [0.1, 0.15) is 17.1 Å². The molecule has 1 aliphatic heterocycles. The van der Waals surface area contributed by atoms with E-state index in [4.69, 9.17) is 4.74 Å². The summed E-state index contributed by atoms with van der Waals surface area (Å²) in [5, 5.41) is 8.41. The van der Waals surface area contributed by atoms with Gasteiger partial charge in [0.15, 0.2) is 5.82 Å². The highest BCUT2D eigenvalue weighted by Crippen LogP contribution is 2.25. The average Bonchev–Trinajstić information content (AvgIpc) is 3.11. The maximum atomic E-state index is 13.0. The number of hydrogen-bond donors (Lipinski definition) is 0. The Hall–Kier alpha value is -3.22. The average molecular weight is 349 g/mol. The van der Waals surface area contributed by atoms with Gasteiger partial charge in [-0.2, -0.15) is 0 Å². The lowest BCUT2D eigenvalue weighted by Crippen LogP contribution is -2.39. The Morgan fingerprint density at radius 3 is 2.77 bits per heavy atom. The summed E-state index contributed by atoms with van der Waals surface area (Å²) in [7, 11) is 0. The fraction of sp³-hybridized carbons (Fsp3) is 0.263. The number of rotatable bonds is 4. The van der Waals surface area contributed by atoms with Gasteiger partial charge in [0.2, 0.25) is 5.88 Å². The molecule has 0 fully saturated rings. The van der Waals surface area contributed by atoms with Gasteiger partial charge in [0.05, 0.1) is 6.54 Å². The predicted octanol–water partition coefficient (Wildman–Crippen LogP) is 2.68. The minimum Gasteiger partial charge on any atom is -0.438 e. The molecule has 1 amide bonds. The van der Waals surface area contributed by atoms with Gasteiger partial charge >= 0.3 is 0 Å². The molecule has 0 saturated heterocycles. The zero-order valence-electron chi connectivity index (χ0n) is 14.5. The van der Waals surface area contributed by atoms with Crippen LogP contribution in [0.15, 0.2) is 48.7 Å². The fourth-order valence-corrected chi connectivity index (χ4v) is 3.06. The van der Waals surface area contributed by atoms with Crippen molar-refractivity contribution in [3.8, 4) is 11.6 Å². The maximum Gasteiger partial charge on any atom is 0.259 e. The van der Waals surface area contributed by atoms with E-state index in [1.807, 2.05) is 30.3 Å². The fourth-order valence-electron chi connectivity index (χ4n) is 3.06. The van der Waals surface area contributed by atoms with E-state index in [0.29, 0.717) is 36.8 Å². The molecule has 0 saturated carbocycles. The van der Waals surface area contributed by atoms with Gasteiger partial charge in [0.25, 0.3) is 5.91 Å². The minimum absolute atomic E-state index is 0.115. The number of hydrogen-bond acceptors (Lipinski definition) is 5. The summed E-state index contributed by atoms with van der Waals surface area (Å²) in [5.41, 5.74) is 0.444. The first-order valence-electron chi connectivity index (χ1n) is 8.64. The Bertz CT molecular complexity index is 923. The predicted molar refractivity (Wildman–Crippen MR) is 94.9 cm³/mol. The van der Waals surface area contributed by atoms with Gasteiger partial charge in [-0.05, 0) is 24.3 Å². The second-order valence-electron chi connectivity index (χ2n) is 6.04. The van der Waals surface area contributed by atoms with Gasteiger partial charge in [-0.15, -0.1) is 10.2 Å². The lowest BCUT2D eigenvalue weighted by atomic mass is 10.2. The summed E-state index contributed by atoms with van der Waals surface area (Å²) in [4.78, 5) is 19.1. The molecule has 4 rings (SSSR count). The topological polar surface area (TPSA) is 73.1 Å². The van der Waals surface area contributed by atoms with Gasteiger partial charge in [-0.1, -0.05) is 25.1 Å². The molecule has 0 radical (unpaired) electrons. The van der Waals surface area contributed by atoms with Crippen molar-refractivity contribution in [1.82, 2.24) is 24.6 Å². The van der Waals surface area contributed by atoms with E-state index in [2.05, 4.69) is 26.7 Å². The standard InChI is InChI=1S/C19H19N5O2/c1-2-16-21-22-17-13-23(11-12-24(16)17)19(25)15-9-6-10-20-18(15)26-14-7-4-3-5-8-14/h3-10H,2,11-13H2,1H3. The van der Waals surface area contributed by atoms with Crippen molar-refractivity contribution in [1.29, 1.82) is 0 Å². The number of benzene rings is 1. The van der Waals surface area contributed by atoms with Crippen LogP contribution in [0, 0.1) is 0 Å². The number of aryl methyl sites for hydroxylation is 1. The monoisotopic (exact) mass is 349 g/mol. The second-order valence-corrected chi connectivity index (χ2v) is 6.04. The summed E-state index contributed by atoms with van der Waals surface area (Å²) < 4.78 is 7.91. The number of fused-ring (bicyclic) bond motifs is 1. The van der Waals surface area contributed by atoms with Crippen LogP contribution < -0.4 is 4.74 Å². The number of amides is 1. The Kier molecular flexibility index (Phi) is 4.35. The van der Waals surface area contributed by atoms with Crippen LogP contribution in [0.25, 0.3) is 0 Å². The molecule has 26 heavy (non-hydrogen) atoms. The van der Waals surface area contributed by atoms with Crippen LogP contribution in [-0.4, -0.2) is 37.1 Å². The van der Waals surface area contributed by atoms with E-state index in [1.54, 1.807) is 23.2 Å². The largest absolute Gasteiger partial charge is 0.438 e. The molecule has 0 N–H and O–H groups in total. The molecular weight excluding hydrogens is 330 g/mol. The van der Waals surface area contributed by atoms with E-state index in [1.165, 1.54) is 0 Å². The highest BCUT2D eigenvalue weighted by molar-refractivity contribution is 5.96. The summed E-state index contributed by atoms with van der Waals surface area (Å²) >= 11 is 0. The SMILES string of the molecule is CCc1nnc2n1CCN(C(=O)c1cccnc1Oc1ccccc1)C2. The van der Waals surface area contributed by atoms with E-state index >= 15 is 0 Å². The number of carbonyl (C=O) groups excluding carboxylic acids is 1. The maximum absolute atomic E-state index is 13.0. The van der Waals surface area contributed by atoms with E-state index < -0.39 is 0 Å². The zero-order valence-corrected chi connectivity index (χ0v) is 14.5. The van der Waals surface area contributed by atoms with Crippen molar-refractivity contribution in [2.24, 2.45) is 0 Å². The quantitative estimate of drug-likeness (QED) is 0.724. The highest BCUT2D eigenvalue weighted by atomic mass is 16.5. The molecule has 0 atom stereocenters. The third-order valence-electron chi connectivity index (χ3n) is 4.39. The van der Waals surface area contributed by atoms with E-state index in [9.17, 15) is 4.79 Å². The molecule has 1 aromatic carbocycles. The van der Waals surface area contributed by atoms with Crippen LogP contribution in [0.3, 0.4) is 0 Å². The normalized spacial score (nSPS) is 13.3. The Labute approximate surface area is 151 Å². The molecule has 7 heteroatoms. The first-order chi connectivity index (χ1) is 12.8. The van der Waals surface area contributed by atoms with Crippen LogP contribution in [-0.2, 0) is 19.5 Å². The third kappa shape index (κ3) is 3.03. The van der Waals surface area contributed by atoms with Crippen molar-refractivity contribution >= 4 is 5.91 Å². The Balaban J connectivity index is 1.57. The number of pyridine rings is 1. The molecular formula is C19H19N5O2. The zero-order chi connectivity index (χ0) is 17.9. The van der Waals surface area contributed by atoms with Gasteiger partial charge in [0, 0.05) is 25.7 Å². The molecule has 0 aliphatic carbocycles. The lowest BCUT2D eigenvalue weighted by molar-refractivity contribution is 0.0703. The highest BCUT2D eigenvalue weighted by Gasteiger charge is 2.27. The molecule has 2 aromatic heterocycles. The lowest BCUT2D eigenvalue weighted by Gasteiger charge is -2.28. The van der Waals surface area contributed by atoms with Crippen molar-refractivity contribution in [2.45, 2.75) is 26.4 Å². The molecule has 3 aromatic rings. The number of para-hydroxylation sites is 1. The van der Waals surface area contributed by atoms with Crippen LogP contribution in [0.5, 0.6) is 11.6 Å².